The number of nitrogens with one attached hydrogen (secondary N) is 1. The Labute approximate surface area is 200 Å². The molecule has 1 aliphatic carbocycles. The van der Waals surface area contributed by atoms with Crippen molar-refractivity contribution in [2.75, 3.05) is 7.05 Å². The predicted octanol–water partition coefficient (Wildman–Crippen LogP) is 1.80. The summed E-state index contributed by atoms with van der Waals surface area (Å²) in [6.07, 6.45) is 12.9. The number of rotatable bonds is 14. The van der Waals surface area contributed by atoms with E-state index in [-0.39, 0.29) is 6.42 Å². The van der Waals surface area contributed by atoms with Crippen LogP contribution in [-0.2, 0) is 13.9 Å². The lowest BCUT2D eigenvalue weighted by atomic mass is 9.89. The van der Waals surface area contributed by atoms with E-state index in [1.54, 1.807) is 6.08 Å². The summed E-state index contributed by atoms with van der Waals surface area (Å²) in [6, 6.07) is -0.797. The van der Waals surface area contributed by atoms with Crippen LogP contribution < -0.4 is 5.32 Å². The number of aliphatic hydroxyl groups is 3. The van der Waals surface area contributed by atoms with E-state index in [1.165, 1.54) is 45.4 Å². The first kappa shape index (κ1) is 30.4. The van der Waals surface area contributed by atoms with Crippen LogP contribution in [0.2, 0.25) is 0 Å². The molecule has 1 saturated carbocycles. The van der Waals surface area contributed by atoms with Gasteiger partial charge in [0.15, 0.2) is 0 Å². The highest BCUT2D eigenvalue weighted by Gasteiger charge is 2.37. The predicted molar refractivity (Wildman–Crippen MR) is 128 cm³/mol. The molecule has 0 heterocycles. The number of carbonyl (C=O) groups is 1. The monoisotopic (exact) mass is 503 g/mol. The van der Waals surface area contributed by atoms with Crippen LogP contribution in [0.5, 0.6) is 0 Å². The second kappa shape index (κ2) is 14.7. The Morgan fingerprint density at radius 3 is 2.35 bits per heavy atom. The first-order valence-electron chi connectivity index (χ1n) is 11.3. The minimum Gasteiger partial charge on any atom is -0.478 e. The molecule has 7 N–H and O–H groups in total. The maximum absolute atomic E-state index is 11.4. The van der Waals surface area contributed by atoms with E-state index in [1.807, 2.05) is 6.08 Å². The molecule has 0 radical (unpaired) electrons. The third-order valence-corrected chi connectivity index (χ3v) is 6.16. The summed E-state index contributed by atoms with van der Waals surface area (Å²) >= 11 is 0. The van der Waals surface area contributed by atoms with Gasteiger partial charge in [0.1, 0.15) is 11.7 Å². The number of carboxylic acid groups (broad SMARTS) is 1. The molecule has 11 heteroatoms. The molecular weight excluding hydrogens is 465 g/mol. The maximum Gasteiger partial charge on any atom is 0.469 e. The Hall–Kier alpha value is -1.62. The molecule has 5 atom stereocenters. The smallest absolute Gasteiger partial charge is 0.469 e. The lowest BCUT2D eigenvalue weighted by molar-refractivity contribution is -0.131. The van der Waals surface area contributed by atoms with Gasteiger partial charge in [0, 0.05) is 12.5 Å². The maximum atomic E-state index is 11.4. The summed E-state index contributed by atoms with van der Waals surface area (Å²) in [5.41, 5.74) is -1.98. The molecule has 1 fully saturated rings. The van der Waals surface area contributed by atoms with E-state index in [4.69, 9.17) is 9.63 Å². The number of likely N-dealkylation sites (N-methyl/N-ethyl adjacent to an activating group) is 1. The Bertz CT molecular complexity index is 781. The highest BCUT2D eigenvalue weighted by molar-refractivity contribution is 7.46. The van der Waals surface area contributed by atoms with E-state index in [9.17, 15) is 34.5 Å². The van der Waals surface area contributed by atoms with E-state index in [2.05, 4.69) is 11.4 Å². The van der Waals surface area contributed by atoms with Crippen molar-refractivity contribution >= 4 is 13.8 Å². The fourth-order valence-corrected chi connectivity index (χ4v) is 4.31. The molecular formula is C23H38NO9P. The standard InChI is InChI=1S/C23H38NO9P/c1-23(29,15-14-20(26)19(24-2)12-13-22(27)28)21(33-34(30,31)32)16-18(25)11-7-6-10-17-8-4-3-5-9-17/h6-7,10-15,17-21,24-26,29H,3-5,8-9,16H2,1-2H3,(H,27,28)(H2,30,31,32)/b10-6-,11-7-,13-12+,15-14+/t18?,19-,20-,21+,23+/m0/s1. The average Bonchev–Trinajstić information content (AvgIpc) is 2.75. The van der Waals surface area contributed by atoms with Crippen molar-refractivity contribution in [1.29, 1.82) is 0 Å². The van der Waals surface area contributed by atoms with Crippen molar-refractivity contribution in [1.82, 2.24) is 5.32 Å². The first-order valence-corrected chi connectivity index (χ1v) is 12.8. The molecule has 1 unspecified atom stereocenters. The number of phosphoric ester groups is 1. The highest BCUT2D eigenvalue weighted by Crippen LogP contribution is 2.41. The van der Waals surface area contributed by atoms with Gasteiger partial charge in [-0.1, -0.05) is 61.8 Å². The van der Waals surface area contributed by atoms with Gasteiger partial charge >= 0.3 is 13.8 Å². The van der Waals surface area contributed by atoms with Crippen LogP contribution in [-0.4, -0.2) is 73.2 Å². The van der Waals surface area contributed by atoms with Gasteiger partial charge in [-0.25, -0.2) is 9.36 Å². The molecule has 1 aliphatic rings. The molecule has 0 aliphatic heterocycles. The Morgan fingerprint density at radius 1 is 1.15 bits per heavy atom. The largest absolute Gasteiger partial charge is 0.478 e. The molecule has 0 bridgehead atoms. The Morgan fingerprint density at radius 2 is 1.79 bits per heavy atom. The minimum absolute atomic E-state index is 0.333. The van der Waals surface area contributed by atoms with Gasteiger partial charge in [0.05, 0.1) is 18.2 Å². The average molecular weight is 504 g/mol. The quantitative estimate of drug-likeness (QED) is 0.0800. The van der Waals surface area contributed by atoms with Crippen molar-refractivity contribution in [2.24, 2.45) is 5.92 Å². The zero-order valence-electron chi connectivity index (χ0n) is 19.6. The number of aliphatic carboxylic acids is 1. The summed E-state index contributed by atoms with van der Waals surface area (Å²) in [6.45, 7) is 1.22. The first-order chi connectivity index (χ1) is 15.8. The summed E-state index contributed by atoms with van der Waals surface area (Å²) in [5, 5.41) is 42.8. The van der Waals surface area contributed by atoms with Crippen LogP contribution in [0, 0.1) is 5.92 Å². The molecule has 194 valence electrons. The van der Waals surface area contributed by atoms with Crippen molar-refractivity contribution in [3.05, 3.63) is 48.6 Å². The lowest BCUT2D eigenvalue weighted by Crippen LogP contribution is -2.42. The third-order valence-electron chi connectivity index (χ3n) is 5.63. The van der Waals surface area contributed by atoms with Gasteiger partial charge in [-0.2, -0.15) is 0 Å². The zero-order chi connectivity index (χ0) is 25.8. The summed E-state index contributed by atoms with van der Waals surface area (Å²) in [5.74, 6) is -0.695. The zero-order valence-corrected chi connectivity index (χ0v) is 20.5. The summed E-state index contributed by atoms with van der Waals surface area (Å²) < 4.78 is 16.2. The second-order valence-electron chi connectivity index (χ2n) is 8.64. The molecule has 0 aromatic heterocycles. The SMILES string of the molecule is CN[C@@H](/C=C/C(=O)O)[C@@H](O)/C=C/[C@@](C)(O)[C@@H](CC(O)/C=C\C=C/C1CCCCC1)OP(=O)(O)O. The molecule has 0 saturated heterocycles. The topological polar surface area (TPSA) is 177 Å². The van der Waals surface area contributed by atoms with Crippen LogP contribution in [0.1, 0.15) is 45.4 Å². The fourth-order valence-electron chi connectivity index (χ4n) is 3.68. The number of phosphoric acid groups is 1. The van der Waals surface area contributed by atoms with Crippen LogP contribution >= 0.6 is 7.82 Å². The molecule has 0 amide bonds. The highest BCUT2D eigenvalue weighted by atomic mass is 31.2. The van der Waals surface area contributed by atoms with E-state index in [0.717, 1.165) is 31.1 Å². The Balaban J connectivity index is 2.87. The van der Waals surface area contributed by atoms with Crippen LogP contribution in [0.15, 0.2) is 48.6 Å². The molecule has 0 spiro atoms. The normalized spacial score (nSPS) is 21.9. The van der Waals surface area contributed by atoms with E-state index < -0.39 is 43.7 Å². The van der Waals surface area contributed by atoms with Crippen LogP contribution in [0.25, 0.3) is 0 Å². The summed E-state index contributed by atoms with van der Waals surface area (Å²) in [7, 11) is -3.52. The fraction of sp³-hybridized carbons (Fsp3) is 0.609. The molecule has 0 aromatic rings. The van der Waals surface area contributed by atoms with Gasteiger partial charge in [-0.15, -0.1) is 0 Å². The van der Waals surface area contributed by atoms with Gasteiger partial charge in [-0.3, -0.25) is 4.52 Å². The number of aliphatic hydroxyl groups excluding tert-OH is 2. The molecule has 34 heavy (non-hydrogen) atoms. The van der Waals surface area contributed by atoms with Crippen molar-refractivity contribution in [3.63, 3.8) is 0 Å². The van der Waals surface area contributed by atoms with Crippen molar-refractivity contribution in [2.45, 2.75) is 75.4 Å². The van der Waals surface area contributed by atoms with Crippen molar-refractivity contribution < 1.29 is 44.1 Å². The lowest BCUT2D eigenvalue weighted by Gasteiger charge is -2.31. The third kappa shape index (κ3) is 12.7. The second-order valence-corrected chi connectivity index (χ2v) is 9.83. The number of carboxylic acids is 1. The molecule has 10 nitrogen and oxygen atoms in total. The van der Waals surface area contributed by atoms with Crippen LogP contribution in [0.3, 0.4) is 0 Å². The van der Waals surface area contributed by atoms with Gasteiger partial charge < -0.3 is 35.5 Å². The molecule has 1 rings (SSSR count). The number of allylic oxidation sites excluding steroid dienone is 3. The van der Waals surface area contributed by atoms with Crippen LogP contribution in [0.4, 0.5) is 0 Å². The molecule has 0 aromatic carbocycles. The van der Waals surface area contributed by atoms with E-state index in [0.29, 0.717) is 5.92 Å². The number of hydrogen-bond acceptors (Lipinski definition) is 7. The van der Waals surface area contributed by atoms with Crippen molar-refractivity contribution in [3.8, 4) is 0 Å². The minimum atomic E-state index is -5.01. The number of hydrogen-bond donors (Lipinski definition) is 7. The van der Waals surface area contributed by atoms with Gasteiger partial charge in [-0.05, 0) is 32.7 Å². The Kier molecular flexibility index (Phi) is 13.2. The van der Waals surface area contributed by atoms with E-state index >= 15 is 0 Å². The van der Waals surface area contributed by atoms with Gasteiger partial charge in [0.2, 0.25) is 0 Å². The summed E-state index contributed by atoms with van der Waals surface area (Å²) in [4.78, 5) is 29.2. The van der Waals surface area contributed by atoms with Gasteiger partial charge in [0.25, 0.3) is 0 Å².